The summed E-state index contributed by atoms with van der Waals surface area (Å²) in [6.45, 7) is 4.44. The smallest absolute Gasteiger partial charge is 0.306 e. The number of unbranched alkanes of at least 4 members (excludes halogenated alkanes) is 22. The molecule has 268 valence electrons. The number of ether oxygens (including phenoxy) is 1. The second-order valence-corrected chi connectivity index (χ2v) is 13.4. The quantitative estimate of drug-likeness (QED) is 0.0419. The molecule has 0 aromatic carbocycles. The minimum Gasteiger partial charge on any atom is -0.481 e. The summed E-state index contributed by atoms with van der Waals surface area (Å²) in [6, 6.07) is 0. The number of allylic oxidation sites excluding steroid dienone is 6. The van der Waals surface area contributed by atoms with Gasteiger partial charge in [-0.15, -0.1) is 0 Å². The summed E-state index contributed by atoms with van der Waals surface area (Å²) in [5.74, 6) is -0.969. The number of rotatable bonds is 36. The lowest BCUT2D eigenvalue weighted by Gasteiger charge is -2.17. The van der Waals surface area contributed by atoms with Crippen molar-refractivity contribution in [3.05, 3.63) is 36.5 Å². The highest BCUT2D eigenvalue weighted by Gasteiger charge is 2.16. The van der Waals surface area contributed by atoms with Gasteiger partial charge in [-0.05, 0) is 57.8 Å². The van der Waals surface area contributed by atoms with Gasteiger partial charge >= 0.3 is 11.9 Å². The average Bonchev–Trinajstić information content (AvgIpc) is 3.04. The second-order valence-electron chi connectivity index (χ2n) is 13.4. The van der Waals surface area contributed by atoms with Crippen LogP contribution >= 0.6 is 0 Å². The highest BCUT2D eigenvalue weighted by molar-refractivity contribution is 5.69. The van der Waals surface area contributed by atoms with Crippen LogP contribution in [0.1, 0.15) is 213 Å². The van der Waals surface area contributed by atoms with Gasteiger partial charge in [0.15, 0.2) is 0 Å². The van der Waals surface area contributed by atoms with E-state index in [1.807, 2.05) is 0 Å². The number of carbonyl (C=O) groups is 2. The Morgan fingerprint density at radius 3 is 1.43 bits per heavy atom. The molecule has 0 saturated carbocycles. The third kappa shape index (κ3) is 36.6. The topological polar surface area (TPSA) is 63.6 Å². The molecule has 0 rings (SSSR count). The van der Waals surface area contributed by atoms with E-state index >= 15 is 0 Å². The number of carboxylic acid groups (broad SMARTS) is 1. The van der Waals surface area contributed by atoms with Gasteiger partial charge < -0.3 is 9.84 Å². The minimum atomic E-state index is -0.815. The van der Waals surface area contributed by atoms with Gasteiger partial charge in [-0.25, -0.2) is 0 Å². The van der Waals surface area contributed by atoms with Gasteiger partial charge in [0.05, 0.1) is 0 Å². The van der Waals surface area contributed by atoms with E-state index in [1.54, 1.807) is 0 Å². The Kier molecular flexibility index (Phi) is 36.1. The third-order valence-corrected chi connectivity index (χ3v) is 8.89. The molecule has 1 unspecified atom stereocenters. The first-order valence-corrected chi connectivity index (χ1v) is 20.0. The molecule has 0 aromatic rings. The summed E-state index contributed by atoms with van der Waals surface area (Å²) < 4.78 is 5.73. The molecule has 0 aliphatic carbocycles. The van der Waals surface area contributed by atoms with Crippen molar-refractivity contribution in [1.82, 2.24) is 0 Å². The van der Waals surface area contributed by atoms with E-state index in [0.29, 0.717) is 12.8 Å². The molecule has 0 spiro atoms. The van der Waals surface area contributed by atoms with Crippen LogP contribution in [-0.4, -0.2) is 23.1 Å². The van der Waals surface area contributed by atoms with E-state index in [0.717, 1.165) is 64.2 Å². The van der Waals surface area contributed by atoms with Crippen LogP contribution in [0.4, 0.5) is 0 Å². The molecule has 0 heterocycles. The van der Waals surface area contributed by atoms with Crippen molar-refractivity contribution in [3.8, 4) is 0 Å². The Labute approximate surface area is 286 Å². The van der Waals surface area contributed by atoms with E-state index in [-0.39, 0.29) is 18.5 Å². The zero-order valence-electron chi connectivity index (χ0n) is 30.6. The lowest BCUT2D eigenvalue weighted by Crippen LogP contribution is -2.19. The van der Waals surface area contributed by atoms with Crippen LogP contribution in [-0.2, 0) is 14.3 Å². The Hall–Kier alpha value is -1.84. The number of hydrogen-bond donors (Lipinski definition) is 1. The number of aliphatic carboxylic acids is 1. The predicted molar refractivity (Wildman–Crippen MR) is 199 cm³/mol. The largest absolute Gasteiger partial charge is 0.481 e. The monoisotopic (exact) mass is 645 g/mol. The van der Waals surface area contributed by atoms with Gasteiger partial charge in [0, 0.05) is 12.8 Å². The fourth-order valence-corrected chi connectivity index (χ4v) is 5.95. The maximum Gasteiger partial charge on any atom is 0.306 e. The molecule has 0 saturated heterocycles. The highest BCUT2D eigenvalue weighted by atomic mass is 16.5. The van der Waals surface area contributed by atoms with Crippen molar-refractivity contribution in [2.75, 3.05) is 0 Å². The van der Waals surface area contributed by atoms with Crippen LogP contribution in [0, 0.1) is 0 Å². The number of carbonyl (C=O) groups excluding carboxylic acids is 1. The molecule has 0 aromatic heterocycles. The van der Waals surface area contributed by atoms with Crippen LogP contribution in [0.2, 0.25) is 0 Å². The zero-order chi connectivity index (χ0) is 33.6. The van der Waals surface area contributed by atoms with Crippen molar-refractivity contribution >= 4 is 11.9 Å². The van der Waals surface area contributed by atoms with Crippen LogP contribution in [0.3, 0.4) is 0 Å². The van der Waals surface area contributed by atoms with Crippen molar-refractivity contribution in [3.63, 3.8) is 0 Å². The predicted octanol–water partition coefficient (Wildman–Crippen LogP) is 13.8. The molecule has 0 amide bonds. The standard InChI is InChI=1S/C42H76O4/c1-3-5-7-9-11-13-15-17-19-20-21-23-24-26-28-30-32-34-36-40(38-39-41(43)44)46-42(45)37-35-33-31-29-27-25-22-18-16-14-12-10-8-6-4-2/h6,8,12,14,18,22,40H,3-5,7,9-11,13,15-17,19-21,23-39H2,1-2H3,(H,43,44)/b8-6-,14-12-,22-18-. The van der Waals surface area contributed by atoms with E-state index < -0.39 is 5.97 Å². The Balaban J connectivity index is 3.74. The van der Waals surface area contributed by atoms with Crippen LogP contribution in [0.5, 0.6) is 0 Å². The molecular formula is C42H76O4. The summed E-state index contributed by atoms with van der Waals surface area (Å²) in [4.78, 5) is 23.5. The molecule has 1 N–H and O–H groups in total. The average molecular weight is 645 g/mol. The third-order valence-electron chi connectivity index (χ3n) is 8.89. The Morgan fingerprint density at radius 1 is 0.500 bits per heavy atom. The van der Waals surface area contributed by atoms with E-state index in [2.05, 4.69) is 50.3 Å². The molecule has 0 fully saturated rings. The van der Waals surface area contributed by atoms with Gasteiger partial charge in [-0.2, -0.15) is 0 Å². The fraction of sp³-hybridized carbons (Fsp3) is 0.810. The van der Waals surface area contributed by atoms with Gasteiger partial charge in [0.2, 0.25) is 0 Å². The van der Waals surface area contributed by atoms with Gasteiger partial charge in [0.1, 0.15) is 6.10 Å². The van der Waals surface area contributed by atoms with Gasteiger partial charge in [-0.3, -0.25) is 9.59 Å². The van der Waals surface area contributed by atoms with Gasteiger partial charge in [-0.1, -0.05) is 179 Å². The van der Waals surface area contributed by atoms with Crippen LogP contribution < -0.4 is 0 Å². The molecule has 1 atom stereocenters. The number of carboxylic acids is 1. The first-order valence-electron chi connectivity index (χ1n) is 20.0. The summed E-state index contributed by atoms with van der Waals surface area (Å²) in [5.41, 5.74) is 0. The zero-order valence-corrected chi connectivity index (χ0v) is 30.6. The Bertz CT molecular complexity index is 738. The van der Waals surface area contributed by atoms with E-state index in [1.165, 1.54) is 116 Å². The SMILES string of the molecule is CC/C=C\C/C=C\C/C=C\CCCCCCCC(=O)OC(CCCCCCCCCCCCCCCCCCCC)CCC(=O)O. The molecule has 46 heavy (non-hydrogen) atoms. The minimum absolute atomic E-state index is 0.0675. The summed E-state index contributed by atoms with van der Waals surface area (Å²) >= 11 is 0. The first kappa shape index (κ1) is 44.2. The van der Waals surface area contributed by atoms with Crippen molar-refractivity contribution in [2.45, 2.75) is 219 Å². The summed E-state index contributed by atoms with van der Waals surface area (Å²) in [6.07, 6.45) is 48.8. The van der Waals surface area contributed by atoms with E-state index in [4.69, 9.17) is 9.84 Å². The molecule has 0 aliphatic rings. The molecule has 0 bridgehead atoms. The molecule has 0 radical (unpaired) electrons. The molecule has 4 heteroatoms. The molecule has 4 nitrogen and oxygen atoms in total. The fourth-order valence-electron chi connectivity index (χ4n) is 5.95. The lowest BCUT2D eigenvalue weighted by atomic mass is 10.0. The molecular weight excluding hydrogens is 568 g/mol. The normalized spacial score (nSPS) is 12.6. The Morgan fingerprint density at radius 2 is 0.935 bits per heavy atom. The lowest BCUT2D eigenvalue weighted by molar-refractivity contribution is -0.151. The summed E-state index contributed by atoms with van der Waals surface area (Å²) in [5, 5.41) is 9.13. The number of esters is 1. The maximum absolute atomic E-state index is 12.4. The maximum atomic E-state index is 12.4. The van der Waals surface area contributed by atoms with Crippen LogP contribution in [0.25, 0.3) is 0 Å². The van der Waals surface area contributed by atoms with Crippen molar-refractivity contribution < 1.29 is 19.4 Å². The molecule has 0 aliphatic heterocycles. The van der Waals surface area contributed by atoms with E-state index in [9.17, 15) is 9.59 Å². The van der Waals surface area contributed by atoms with Gasteiger partial charge in [0.25, 0.3) is 0 Å². The number of hydrogen-bond acceptors (Lipinski definition) is 3. The first-order chi connectivity index (χ1) is 22.6. The van der Waals surface area contributed by atoms with Crippen LogP contribution in [0.15, 0.2) is 36.5 Å². The second kappa shape index (κ2) is 37.6. The summed E-state index contributed by atoms with van der Waals surface area (Å²) in [7, 11) is 0. The van der Waals surface area contributed by atoms with Crippen molar-refractivity contribution in [1.29, 1.82) is 0 Å². The van der Waals surface area contributed by atoms with Crippen molar-refractivity contribution in [2.24, 2.45) is 0 Å². The highest BCUT2D eigenvalue weighted by Crippen LogP contribution is 2.18.